The largest absolute Gasteiger partial charge is 0.469 e. The van der Waals surface area contributed by atoms with Crippen molar-refractivity contribution in [3.8, 4) is 0 Å². The third-order valence-corrected chi connectivity index (χ3v) is 3.54. The average molecular weight is 313 g/mol. The van der Waals surface area contributed by atoms with E-state index in [4.69, 9.17) is 4.74 Å². The first kappa shape index (κ1) is 16.4. The van der Waals surface area contributed by atoms with E-state index < -0.39 is 10.8 Å². The Morgan fingerprint density at radius 1 is 1.09 bits per heavy atom. The highest BCUT2D eigenvalue weighted by atomic mass is 16.6. The first-order chi connectivity index (χ1) is 10.9. The van der Waals surface area contributed by atoms with Crippen LogP contribution >= 0.6 is 0 Å². The predicted molar refractivity (Wildman–Crippen MR) is 83.4 cm³/mol. The molecule has 1 unspecified atom stereocenters. The van der Waals surface area contributed by atoms with Crippen molar-refractivity contribution >= 4 is 17.4 Å². The molecule has 2 aromatic carbocycles. The number of non-ortho nitro benzene ring substituents is 1. The number of carbonyl (C=O) groups is 2. The van der Waals surface area contributed by atoms with Crippen LogP contribution in [-0.4, -0.2) is 23.8 Å². The number of carbonyl (C=O) groups excluding carboxylic acids is 2. The minimum atomic E-state index is -0.521. The molecule has 0 aromatic heterocycles. The SMILES string of the molecule is COC(=O)C(C)c1cccc(C(=O)c2ccc([N+](=O)[O-])cc2)c1. The van der Waals surface area contributed by atoms with Gasteiger partial charge in [-0.1, -0.05) is 18.2 Å². The lowest BCUT2D eigenvalue weighted by atomic mass is 9.96. The number of rotatable bonds is 5. The lowest BCUT2D eigenvalue weighted by Crippen LogP contribution is -2.11. The Bertz CT molecular complexity index is 752. The monoisotopic (exact) mass is 313 g/mol. The number of hydrogen-bond acceptors (Lipinski definition) is 5. The van der Waals surface area contributed by atoms with Crippen LogP contribution in [0.1, 0.15) is 34.3 Å². The van der Waals surface area contributed by atoms with Gasteiger partial charge in [0.2, 0.25) is 0 Å². The Kier molecular flexibility index (Phi) is 4.85. The van der Waals surface area contributed by atoms with Crippen molar-refractivity contribution in [1.82, 2.24) is 0 Å². The van der Waals surface area contributed by atoms with Gasteiger partial charge in [-0.05, 0) is 30.7 Å². The maximum absolute atomic E-state index is 12.5. The van der Waals surface area contributed by atoms with E-state index in [1.807, 2.05) is 0 Å². The van der Waals surface area contributed by atoms with Crippen molar-refractivity contribution in [2.45, 2.75) is 12.8 Å². The zero-order chi connectivity index (χ0) is 17.0. The fourth-order valence-electron chi connectivity index (χ4n) is 2.16. The molecule has 6 heteroatoms. The van der Waals surface area contributed by atoms with Crippen molar-refractivity contribution in [2.24, 2.45) is 0 Å². The second-order valence-electron chi connectivity index (χ2n) is 5.00. The van der Waals surface area contributed by atoms with E-state index >= 15 is 0 Å². The van der Waals surface area contributed by atoms with Crippen LogP contribution in [0.15, 0.2) is 48.5 Å². The maximum Gasteiger partial charge on any atom is 0.312 e. The molecule has 0 saturated carbocycles. The van der Waals surface area contributed by atoms with Crippen LogP contribution in [0.2, 0.25) is 0 Å². The van der Waals surface area contributed by atoms with Crippen LogP contribution in [0.4, 0.5) is 5.69 Å². The van der Waals surface area contributed by atoms with Gasteiger partial charge in [0.25, 0.3) is 5.69 Å². The van der Waals surface area contributed by atoms with E-state index in [0.29, 0.717) is 16.7 Å². The molecule has 6 nitrogen and oxygen atoms in total. The van der Waals surface area contributed by atoms with Gasteiger partial charge in [0.15, 0.2) is 5.78 Å². The molecular formula is C17H15NO5. The normalized spacial score (nSPS) is 11.6. The molecule has 0 aliphatic rings. The molecule has 0 radical (unpaired) electrons. The zero-order valence-electron chi connectivity index (χ0n) is 12.7. The van der Waals surface area contributed by atoms with E-state index in [2.05, 4.69) is 0 Å². The Labute approximate surface area is 132 Å². The number of esters is 1. The van der Waals surface area contributed by atoms with E-state index in [1.54, 1.807) is 31.2 Å². The van der Waals surface area contributed by atoms with Crippen LogP contribution in [0.5, 0.6) is 0 Å². The highest BCUT2D eigenvalue weighted by molar-refractivity contribution is 6.09. The summed E-state index contributed by atoms with van der Waals surface area (Å²) in [5.74, 6) is -1.13. The van der Waals surface area contributed by atoms with Crippen LogP contribution in [0.3, 0.4) is 0 Å². The standard InChI is InChI=1S/C17H15NO5/c1-11(17(20)23-2)13-4-3-5-14(10-13)16(19)12-6-8-15(9-7-12)18(21)22/h3-11H,1-2H3. The molecule has 23 heavy (non-hydrogen) atoms. The second-order valence-corrected chi connectivity index (χ2v) is 5.00. The van der Waals surface area contributed by atoms with Gasteiger partial charge >= 0.3 is 5.97 Å². The van der Waals surface area contributed by atoms with Crippen molar-refractivity contribution < 1.29 is 19.2 Å². The summed E-state index contributed by atoms with van der Waals surface area (Å²) in [6, 6.07) is 12.1. The zero-order valence-corrected chi connectivity index (χ0v) is 12.7. The molecular weight excluding hydrogens is 298 g/mol. The minimum absolute atomic E-state index is 0.0744. The van der Waals surface area contributed by atoms with Gasteiger partial charge in [0, 0.05) is 23.3 Å². The van der Waals surface area contributed by atoms with Crippen LogP contribution in [0.25, 0.3) is 0 Å². The first-order valence-corrected chi connectivity index (χ1v) is 6.91. The summed E-state index contributed by atoms with van der Waals surface area (Å²) in [5, 5.41) is 10.6. The molecule has 0 aliphatic carbocycles. The second kappa shape index (κ2) is 6.83. The number of benzene rings is 2. The van der Waals surface area contributed by atoms with Gasteiger partial charge in [0.05, 0.1) is 18.0 Å². The third-order valence-electron chi connectivity index (χ3n) is 3.54. The summed E-state index contributed by atoms with van der Waals surface area (Å²) < 4.78 is 4.70. The number of nitrogens with zero attached hydrogens (tertiary/aromatic N) is 1. The molecule has 1 atom stereocenters. The van der Waals surface area contributed by atoms with E-state index in [-0.39, 0.29) is 17.4 Å². The van der Waals surface area contributed by atoms with Crippen LogP contribution in [-0.2, 0) is 9.53 Å². The van der Waals surface area contributed by atoms with E-state index in [1.165, 1.54) is 31.4 Å². The Morgan fingerprint density at radius 3 is 2.30 bits per heavy atom. The predicted octanol–water partition coefficient (Wildman–Crippen LogP) is 3.10. The number of ketones is 1. The van der Waals surface area contributed by atoms with Crippen LogP contribution < -0.4 is 0 Å². The Hall–Kier alpha value is -3.02. The smallest absolute Gasteiger partial charge is 0.312 e. The van der Waals surface area contributed by atoms with Crippen molar-refractivity contribution in [3.05, 3.63) is 75.3 Å². The van der Waals surface area contributed by atoms with Crippen molar-refractivity contribution in [3.63, 3.8) is 0 Å². The summed E-state index contributed by atoms with van der Waals surface area (Å²) in [4.78, 5) is 34.2. The Morgan fingerprint density at radius 2 is 1.74 bits per heavy atom. The van der Waals surface area contributed by atoms with Crippen molar-refractivity contribution in [1.29, 1.82) is 0 Å². The summed E-state index contributed by atoms with van der Waals surface area (Å²) in [7, 11) is 1.31. The maximum atomic E-state index is 12.5. The molecule has 2 rings (SSSR count). The first-order valence-electron chi connectivity index (χ1n) is 6.91. The van der Waals surface area contributed by atoms with E-state index in [0.717, 1.165) is 0 Å². The van der Waals surface area contributed by atoms with E-state index in [9.17, 15) is 19.7 Å². The molecule has 0 saturated heterocycles. The minimum Gasteiger partial charge on any atom is -0.469 e. The highest BCUT2D eigenvalue weighted by Crippen LogP contribution is 2.20. The number of hydrogen-bond donors (Lipinski definition) is 0. The molecule has 0 amide bonds. The molecule has 118 valence electrons. The summed E-state index contributed by atoms with van der Waals surface area (Å²) in [6.45, 7) is 1.70. The lowest BCUT2D eigenvalue weighted by Gasteiger charge is -2.10. The summed E-state index contributed by atoms with van der Waals surface area (Å²) >= 11 is 0. The molecule has 0 spiro atoms. The number of ether oxygens (including phenoxy) is 1. The Balaban J connectivity index is 2.29. The molecule has 0 heterocycles. The number of nitro groups is 1. The molecule has 0 bridgehead atoms. The fraction of sp³-hybridized carbons (Fsp3) is 0.176. The van der Waals surface area contributed by atoms with Gasteiger partial charge in [-0.25, -0.2) is 0 Å². The average Bonchev–Trinajstić information content (AvgIpc) is 2.59. The summed E-state index contributed by atoms with van der Waals surface area (Å²) in [5.41, 5.74) is 1.35. The molecule has 0 aliphatic heterocycles. The fourth-order valence-corrected chi connectivity index (χ4v) is 2.16. The quantitative estimate of drug-likeness (QED) is 0.366. The molecule has 2 aromatic rings. The third kappa shape index (κ3) is 3.60. The van der Waals surface area contributed by atoms with Gasteiger partial charge in [0.1, 0.15) is 0 Å². The highest BCUT2D eigenvalue weighted by Gasteiger charge is 2.18. The lowest BCUT2D eigenvalue weighted by molar-refractivity contribution is -0.384. The van der Waals surface area contributed by atoms with Crippen LogP contribution in [0, 0.1) is 10.1 Å². The topological polar surface area (TPSA) is 86.5 Å². The molecule has 0 N–H and O–H groups in total. The van der Waals surface area contributed by atoms with Gasteiger partial charge in [-0.3, -0.25) is 19.7 Å². The van der Waals surface area contributed by atoms with Crippen molar-refractivity contribution in [2.75, 3.05) is 7.11 Å². The van der Waals surface area contributed by atoms with Gasteiger partial charge in [-0.2, -0.15) is 0 Å². The summed E-state index contributed by atoms with van der Waals surface area (Å²) in [6.07, 6.45) is 0. The number of nitro benzene ring substituents is 1. The van der Waals surface area contributed by atoms with Gasteiger partial charge in [-0.15, -0.1) is 0 Å². The number of methoxy groups -OCH3 is 1. The van der Waals surface area contributed by atoms with Gasteiger partial charge < -0.3 is 4.74 Å². The molecule has 0 fully saturated rings.